The second-order valence-electron chi connectivity index (χ2n) is 3.07. The average molecular weight is 280 g/mol. The molecule has 2 rings (SSSR count). The zero-order valence-electron chi connectivity index (χ0n) is 8.68. The molecule has 0 N–H and O–H groups in total. The van der Waals surface area contributed by atoms with Crippen LogP contribution in [0.25, 0.3) is 0 Å². The number of hydrogen-bond donors (Lipinski definition) is 0. The first-order chi connectivity index (χ1) is 7.78. The highest BCUT2D eigenvalue weighted by molar-refractivity contribution is 9.10. The summed E-state index contributed by atoms with van der Waals surface area (Å²) in [6.07, 6.45) is 0. The van der Waals surface area contributed by atoms with E-state index in [0.717, 1.165) is 10.2 Å². The molecule has 0 bridgehead atoms. The number of halogens is 1. The number of aromatic nitrogens is 1. The van der Waals surface area contributed by atoms with Gasteiger partial charge in [-0.25, -0.2) is 0 Å². The van der Waals surface area contributed by atoms with Crippen molar-refractivity contribution in [3.63, 3.8) is 0 Å². The highest BCUT2D eigenvalue weighted by atomic mass is 79.9. The normalized spacial score (nSPS) is 9.88. The summed E-state index contributed by atoms with van der Waals surface area (Å²) in [6.45, 7) is 0. The molecule has 0 saturated carbocycles. The van der Waals surface area contributed by atoms with Gasteiger partial charge in [0, 0.05) is 16.6 Å². The molecule has 1 heterocycles. The first-order valence-corrected chi connectivity index (χ1v) is 5.52. The van der Waals surface area contributed by atoms with Crippen molar-refractivity contribution >= 4 is 15.9 Å². The van der Waals surface area contributed by atoms with E-state index in [4.69, 9.17) is 9.47 Å². The van der Waals surface area contributed by atoms with Crippen LogP contribution < -0.4 is 9.47 Å². The zero-order chi connectivity index (χ0) is 11.4. The summed E-state index contributed by atoms with van der Waals surface area (Å²) in [4.78, 5) is 4.15. The van der Waals surface area contributed by atoms with E-state index in [-0.39, 0.29) is 0 Å². The predicted octanol–water partition coefficient (Wildman–Crippen LogP) is 3.65. The molecule has 0 atom stereocenters. The minimum absolute atomic E-state index is 0.515. The minimum atomic E-state index is 0.515. The van der Waals surface area contributed by atoms with E-state index in [0.29, 0.717) is 11.8 Å². The molecule has 1 aromatic carbocycles. The Kier molecular flexibility index (Phi) is 3.41. The van der Waals surface area contributed by atoms with Gasteiger partial charge in [-0.2, -0.15) is 4.98 Å². The second-order valence-corrected chi connectivity index (χ2v) is 3.99. The van der Waals surface area contributed by atoms with E-state index < -0.39 is 0 Å². The van der Waals surface area contributed by atoms with E-state index in [2.05, 4.69) is 20.9 Å². The molecule has 0 saturated heterocycles. The van der Waals surface area contributed by atoms with Crippen molar-refractivity contribution in [1.82, 2.24) is 4.98 Å². The van der Waals surface area contributed by atoms with Gasteiger partial charge in [0.15, 0.2) is 0 Å². The maximum absolute atomic E-state index is 5.56. The highest BCUT2D eigenvalue weighted by Gasteiger charge is 2.00. The number of hydrogen-bond acceptors (Lipinski definition) is 3. The molecule has 0 unspecified atom stereocenters. The van der Waals surface area contributed by atoms with E-state index in [1.54, 1.807) is 19.2 Å². The van der Waals surface area contributed by atoms with E-state index in [1.807, 2.05) is 30.3 Å². The van der Waals surface area contributed by atoms with Crippen LogP contribution in [-0.2, 0) is 0 Å². The Bertz CT molecular complexity index is 471. The summed E-state index contributed by atoms with van der Waals surface area (Å²) in [7, 11) is 1.58. The molecule has 0 spiro atoms. The lowest BCUT2D eigenvalue weighted by molar-refractivity contribution is 0.383. The Morgan fingerprint density at radius 2 is 1.69 bits per heavy atom. The number of ether oxygens (including phenoxy) is 2. The van der Waals surface area contributed by atoms with Crippen LogP contribution in [0.2, 0.25) is 0 Å². The molecule has 3 nitrogen and oxygen atoms in total. The molecule has 0 aliphatic heterocycles. The molecule has 2 aromatic rings. The number of methoxy groups -OCH3 is 1. The molecular weight excluding hydrogens is 270 g/mol. The Morgan fingerprint density at radius 1 is 1.00 bits per heavy atom. The van der Waals surface area contributed by atoms with Gasteiger partial charge in [0.1, 0.15) is 5.75 Å². The van der Waals surface area contributed by atoms with Crippen LogP contribution in [0.5, 0.6) is 17.5 Å². The Morgan fingerprint density at radius 3 is 2.38 bits per heavy atom. The number of pyridine rings is 1. The van der Waals surface area contributed by atoms with Gasteiger partial charge in [0.05, 0.1) is 7.11 Å². The van der Waals surface area contributed by atoms with E-state index >= 15 is 0 Å². The molecule has 0 amide bonds. The van der Waals surface area contributed by atoms with Crippen LogP contribution in [0.15, 0.2) is 46.9 Å². The van der Waals surface area contributed by atoms with Crippen molar-refractivity contribution in [3.8, 4) is 17.5 Å². The summed E-state index contributed by atoms with van der Waals surface area (Å²) in [5.41, 5.74) is 0. The standard InChI is InChI=1S/C12H10BrNO2/c1-15-11-3-2-4-12(14-11)16-10-7-5-9(13)6-8-10/h2-8H,1H3. The Hall–Kier alpha value is -1.55. The second kappa shape index (κ2) is 4.99. The van der Waals surface area contributed by atoms with Crippen LogP contribution in [0, 0.1) is 0 Å². The summed E-state index contributed by atoms with van der Waals surface area (Å²) < 4.78 is 11.6. The number of rotatable bonds is 3. The van der Waals surface area contributed by atoms with Crippen molar-refractivity contribution in [2.24, 2.45) is 0 Å². The monoisotopic (exact) mass is 279 g/mol. The van der Waals surface area contributed by atoms with Gasteiger partial charge in [-0.3, -0.25) is 0 Å². The number of benzene rings is 1. The lowest BCUT2D eigenvalue weighted by atomic mass is 10.3. The molecule has 1 aromatic heterocycles. The molecular formula is C12H10BrNO2. The van der Waals surface area contributed by atoms with E-state index in [1.165, 1.54) is 0 Å². The summed E-state index contributed by atoms with van der Waals surface area (Å²) >= 11 is 3.36. The van der Waals surface area contributed by atoms with Gasteiger partial charge in [0.25, 0.3) is 0 Å². The fourth-order valence-corrected chi connectivity index (χ4v) is 1.45. The van der Waals surface area contributed by atoms with Crippen molar-refractivity contribution in [2.45, 2.75) is 0 Å². The third-order valence-corrected chi connectivity index (χ3v) is 2.47. The van der Waals surface area contributed by atoms with Crippen molar-refractivity contribution in [3.05, 3.63) is 46.9 Å². The van der Waals surface area contributed by atoms with Gasteiger partial charge < -0.3 is 9.47 Å². The van der Waals surface area contributed by atoms with Gasteiger partial charge in [-0.15, -0.1) is 0 Å². The van der Waals surface area contributed by atoms with Gasteiger partial charge in [0.2, 0.25) is 11.8 Å². The minimum Gasteiger partial charge on any atom is -0.481 e. The molecule has 82 valence electrons. The van der Waals surface area contributed by atoms with Crippen LogP contribution in [-0.4, -0.2) is 12.1 Å². The fourth-order valence-electron chi connectivity index (χ4n) is 1.19. The van der Waals surface area contributed by atoms with Crippen molar-refractivity contribution < 1.29 is 9.47 Å². The van der Waals surface area contributed by atoms with E-state index in [9.17, 15) is 0 Å². The third kappa shape index (κ3) is 2.73. The first-order valence-electron chi connectivity index (χ1n) is 4.72. The summed E-state index contributed by atoms with van der Waals surface area (Å²) in [6, 6.07) is 12.9. The quantitative estimate of drug-likeness (QED) is 0.860. The maximum Gasteiger partial charge on any atom is 0.222 e. The van der Waals surface area contributed by atoms with Crippen LogP contribution in [0.3, 0.4) is 0 Å². The zero-order valence-corrected chi connectivity index (χ0v) is 10.3. The van der Waals surface area contributed by atoms with Crippen LogP contribution in [0.1, 0.15) is 0 Å². The molecule has 16 heavy (non-hydrogen) atoms. The fraction of sp³-hybridized carbons (Fsp3) is 0.0833. The average Bonchev–Trinajstić information content (AvgIpc) is 2.32. The van der Waals surface area contributed by atoms with Gasteiger partial charge in [-0.05, 0) is 24.3 Å². The molecule has 0 aliphatic rings. The SMILES string of the molecule is COc1cccc(Oc2ccc(Br)cc2)n1. The van der Waals surface area contributed by atoms with Crippen molar-refractivity contribution in [2.75, 3.05) is 7.11 Å². The third-order valence-electron chi connectivity index (χ3n) is 1.94. The van der Waals surface area contributed by atoms with Crippen LogP contribution in [0.4, 0.5) is 0 Å². The topological polar surface area (TPSA) is 31.4 Å². The lowest BCUT2D eigenvalue weighted by Gasteiger charge is -2.05. The van der Waals surface area contributed by atoms with Gasteiger partial charge >= 0.3 is 0 Å². The predicted molar refractivity (Wildman–Crippen MR) is 65.0 cm³/mol. The van der Waals surface area contributed by atoms with Crippen LogP contribution >= 0.6 is 15.9 Å². The molecule has 4 heteroatoms. The first kappa shape index (κ1) is 11.0. The van der Waals surface area contributed by atoms with Crippen molar-refractivity contribution in [1.29, 1.82) is 0 Å². The summed E-state index contributed by atoms with van der Waals surface area (Å²) in [5.74, 6) is 1.79. The molecule has 0 fully saturated rings. The smallest absolute Gasteiger partial charge is 0.222 e. The van der Waals surface area contributed by atoms with Gasteiger partial charge in [-0.1, -0.05) is 22.0 Å². The lowest BCUT2D eigenvalue weighted by Crippen LogP contribution is -1.91. The summed E-state index contributed by atoms with van der Waals surface area (Å²) in [5, 5.41) is 0. The maximum atomic E-state index is 5.56. The molecule has 0 aliphatic carbocycles. The number of nitrogens with zero attached hydrogens (tertiary/aromatic N) is 1. The Balaban J connectivity index is 2.16. The Labute approximate surface area is 102 Å². The largest absolute Gasteiger partial charge is 0.481 e. The highest BCUT2D eigenvalue weighted by Crippen LogP contribution is 2.22. The molecule has 0 radical (unpaired) electrons.